The van der Waals surface area contributed by atoms with Gasteiger partial charge in [-0.25, -0.2) is 0 Å². The summed E-state index contributed by atoms with van der Waals surface area (Å²) in [6, 6.07) is 0. The molecule has 2 aliphatic rings. The molecule has 1 aliphatic carbocycles. The maximum atomic E-state index is 12.4. The standard InChI is InChI=1S/C13H19N3O/c17-13(16-8-4-1-5-9-16)12-10-6-2-3-7-11(10)14-15-12/h1-9H2,(H,14,15). The van der Waals surface area contributed by atoms with Crippen molar-refractivity contribution in [3.05, 3.63) is 17.0 Å². The summed E-state index contributed by atoms with van der Waals surface area (Å²) < 4.78 is 0. The van der Waals surface area contributed by atoms with Crippen LogP contribution in [0.25, 0.3) is 0 Å². The molecule has 1 amide bonds. The number of aromatic amines is 1. The van der Waals surface area contributed by atoms with Crippen molar-refractivity contribution in [3.63, 3.8) is 0 Å². The van der Waals surface area contributed by atoms with Gasteiger partial charge in [-0.05, 0) is 44.9 Å². The van der Waals surface area contributed by atoms with Crippen molar-refractivity contribution in [1.29, 1.82) is 0 Å². The number of piperidine rings is 1. The Balaban J connectivity index is 1.83. The molecule has 1 aromatic rings. The maximum Gasteiger partial charge on any atom is 0.274 e. The first-order valence-electron chi connectivity index (χ1n) is 6.71. The van der Waals surface area contributed by atoms with Gasteiger partial charge in [-0.2, -0.15) is 5.10 Å². The number of aryl methyl sites for hydroxylation is 1. The summed E-state index contributed by atoms with van der Waals surface area (Å²) in [5.41, 5.74) is 3.07. The monoisotopic (exact) mass is 233 g/mol. The lowest BCUT2D eigenvalue weighted by Gasteiger charge is -2.26. The highest BCUT2D eigenvalue weighted by Crippen LogP contribution is 2.23. The van der Waals surface area contributed by atoms with E-state index in [9.17, 15) is 4.79 Å². The molecule has 1 fully saturated rings. The summed E-state index contributed by atoms with van der Waals surface area (Å²) in [5.74, 6) is 0.143. The molecule has 0 atom stereocenters. The van der Waals surface area contributed by atoms with Crippen LogP contribution in [0.15, 0.2) is 0 Å². The number of nitrogens with one attached hydrogen (secondary N) is 1. The Bertz CT molecular complexity index is 418. The summed E-state index contributed by atoms with van der Waals surface area (Å²) >= 11 is 0. The molecule has 3 rings (SSSR count). The van der Waals surface area contributed by atoms with Crippen molar-refractivity contribution in [2.45, 2.75) is 44.9 Å². The van der Waals surface area contributed by atoms with E-state index in [0.29, 0.717) is 5.69 Å². The topological polar surface area (TPSA) is 49.0 Å². The molecular formula is C13H19N3O. The molecule has 0 radical (unpaired) electrons. The molecule has 0 bridgehead atoms. The molecule has 2 heterocycles. The van der Waals surface area contributed by atoms with Crippen LogP contribution < -0.4 is 0 Å². The van der Waals surface area contributed by atoms with Gasteiger partial charge in [0.1, 0.15) is 0 Å². The van der Waals surface area contributed by atoms with E-state index < -0.39 is 0 Å². The quantitative estimate of drug-likeness (QED) is 0.805. The molecule has 0 aromatic carbocycles. The number of nitrogens with zero attached hydrogens (tertiary/aromatic N) is 2. The van der Waals surface area contributed by atoms with Gasteiger partial charge < -0.3 is 4.90 Å². The molecular weight excluding hydrogens is 214 g/mol. The van der Waals surface area contributed by atoms with E-state index >= 15 is 0 Å². The largest absolute Gasteiger partial charge is 0.337 e. The summed E-state index contributed by atoms with van der Waals surface area (Å²) in [6.45, 7) is 1.81. The average molecular weight is 233 g/mol. The van der Waals surface area contributed by atoms with E-state index in [-0.39, 0.29) is 5.91 Å². The van der Waals surface area contributed by atoms with Crippen LogP contribution in [-0.4, -0.2) is 34.1 Å². The van der Waals surface area contributed by atoms with Gasteiger partial charge in [0.2, 0.25) is 0 Å². The highest BCUT2D eigenvalue weighted by atomic mass is 16.2. The SMILES string of the molecule is O=C(c1n[nH]c2c1CCCC2)N1CCCCC1. The maximum absolute atomic E-state index is 12.4. The van der Waals surface area contributed by atoms with Crippen LogP contribution >= 0.6 is 0 Å². The van der Waals surface area contributed by atoms with Crippen LogP contribution in [0.4, 0.5) is 0 Å². The fraction of sp³-hybridized carbons (Fsp3) is 0.692. The Labute approximate surface area is 101 Å². The van der Waals surface area contributed by atoms with Gasteiger partial charge in [0.15, 0.2) is 5.69 Å². The zero-order valence-corrected chi connectivity index (χ0v) is 10.2. The average Bonchev–Trinajstić information content (AvgIpc) is 2.83. The molecule has 1 N–H and O–H groups in total. The van der Waals surface area contributed by atoms with Gasteiger partial charge in [0.05, 0.1) is 0 Å². The summed E-state index contributed by atoms with van der Waals surface area (Å²) in [6.07, 6.45) is 7.99. The van der Waals surface area contributed by atoms with Crippen LogP contribution in [0.2, 0.25) is 0 Å². The Morgan fingerprint density at radius 2 is 1.82 bits per heavy atom. The van der Waals surface area contributed by atoms with Crippen molar-refractivity contribution in [2.75, 3.05) is 13.1 Å². The Morgan fingerprint density at radius 3 is 2.65 bits per heavy atom. The zero-order valence-electron chi connectivity index (χ0n) is 10.2. The van der Waals surface area contributed by atoms with Crippen molar-refractivity contribution in [3.8, 4) is 0 Å². The second-order valence-corrected chi connectivity index (χ2v) is 5.09. The predicted molar refractivity (Wildman–Crippen MR) is 65.0 cm³/mol. The highest BCUT2D eigenvalue weighted by Gasteiger charge is 2.26. The molecule has 4 nitrogen and oxygen atoms in total. The molecule has 0 saturated carbocycles. The van der Waals surface area contributed by atoms with Crippen LogP contribution in [0.3, 0.4) is 0 Å². The normalized spacial score (nSPS) is 20.1. The van der Waals surface area contributed by atoms with E-state index in [4.69, 9.17) is 0 Å². The van der Waals surface area contributed by atoms with Gasteiger partial charge in [-0.3, -0.25) is 9.89 Å². The van der Waals surface area contributed by atoms with Crippen LogP contribution in [0, 0.1) is 0 Å². The number of likely N-dealkylation sites (tertiary alicyclic amines) is 1. The number of H-pyrrole nitrogens is 1. The highest BCUT2D eigenvalue weighted by molar-refractivity contribution is 5.94. The third-order valence-corrected chi connectivity index (χ3v) is 3.90. The van der Waals surface area contributed by atoms with Gasteiger partial charge in [-0.15, -0.1) is 0 Å². The lowest BCUT2D eigenvalue weighted by Crippen LogP contribution is -2.36. The number of rotatable bonds is 1. The molecule has 1 saturated heterocycles. The molecule has 0 unspecified atom stereocenters. The van der Waals surface area contributed by atoms with Gasteiger partial charge >= 0.3 is 0 Å². The second-order valence-electron chi connectivity index (χ2n) is 5.09. The number of fused-ring (bicyclic) bond motifs is 1. The molecule has 17 heavy (non-hydrogen) atoms. The van der Waals surface area contributed by atoms with Crippen LogP contribution in [0.1, 0.15) is 53.8 Å². The fourth-order valence-electron chi connectivity index (χ4n) is 2.90. The Hall–Kier alpha value is -1.32. The van der Waals surface area contributed by atoms with E-state index in [1.807, 2.05) is 4.90 Å². The Kier molecular flexibility index (Phi) is 2.87. The molecule has 0 spiro atoms. The second kappa shape index (κ2) is 4.51. The van der Waals surface area contributed by atoms with Crippen molar-refractivity contribution < 1.29 is 4.79 Å². The first-order chi connectivity index (χ1) is 8.36. The van der Waals surface area contributed by atoms with Gasteiger partial charge in [-0.1, -0.05) is 0 Å². The Morgan fingerprint density at radius 1 is 1.06 bits per heavy atom. The third-order valence-electron chi connectivity index (χ3n) is 3.90. The van der Waals surface area contributed by atoms with E-state index in [0.717, 1.165) is 38.8 Å². The number of amides is 1. The smallest absolute Gasteiger partial charge is 0.274 e. The summed E-state index contributed by atoms with van der Waals surface area (Å²) in [4.78, 5) is 14.3. The molecule has 1 aromatic heterocycles. The van der Waals surface area contributed by atoms with Crippen LogP contribution in [-0.2, 0) is 12.8 Å². The van der Waals surface area contributed by atoms with E-state index in [1.165, 1.54) is 30.5 Å². The predicted octanol–water partition coefficient (Wildman–Crippen LogP) is 1.91. The number of hydrogen-bond acceptors (Lipinski definition) is 2. The zero-order chi connectivity index (χ0) is 11.7. The molecule has 4 heteroatoms. The fourth-order valence-corrected chi connectivity index (χ4v) is 2.90. The number of aromatic nitrogens is 2. The van der Waals surface area contributed by atoms with Crippen molar-refractivity contribution >= 4 is 5.91 Å². The minimum absolute atomic E-state index is 0.143. The number of carbonyl (C=O) groups excluding carboxylic acids is 1. The summed E-state index contributed by atoms with van der Waals surface area (Å²) in [7, 11) is 0. The van der Waals surface area contributed by atoms with E-state index in [2.05, 4.69) is 10.2 Å². The van der Waals surface area contributed by atoms with Gasteiger partial charge in [0.25, 0.3) is 5.91 Å². The summed E-state index contributed by atoms with van der Waals surface area (Å²) in [5, 5.41) is 7.31. The number of carbonyl (C=O) groups is 1. The van der Waals surface area contributed by atoms with Gasteiger partial charge in [0, 0.05) is 24.3 Å². The number of hydrogen-bond donors (Lipinski definition) is 1. The lowest BCUT2D eigenvalue weighted by atomic mass is 9.95. The minimum Gasteiger partial charge on any atom is -0.337 e. The van der Waals surface area contributed by atoms with Crippen molar-refractivity contribution in [2.24, 2.45) is 0 Å². The van der Waals surface area contributed by atoms with Crippen LogP contribution in [0.5, 0.6) is 0 Å². The third kappa shape index (κ3) is 1.96. The molecule has 1 aliphatic heterocycles. The molecule has 92 valence electrons. The van der Waals surface area contributed by atoms with E-state index in [1.54, 1.807) is 0 Å². The first-order valence-corrected chi connectivity index (χ1v) is 6.71. The first kappa shape index (κ1) is 10.8. The lowest BCUT2D eigenvalue weighted by molar-refractivity contribution is 0.0717. The minimum atomic E-state index is 0.143. The van der Waals surface area contributed by atoms with Crippen molar-refractivity contribution in [1.82, 2.24) is 15.1 Å².